The van der Waals surface area contributed by atoms with Crippen LogP contribution in [-0.2, 0) is 21.7 Å². The molecule has 24 heavy (non-hydrogen) atoms. The van der Waals surface area contributed by atoms with Gasteiger partial charge in [0.25, 0.3) is 0 Å². The van der Waals surface area contributed by atoms with Gasteiger partial charge in [0.15, 0.2) is 0 Å². The maximum Gasteiger partial charge on any atom is -1.00 e. The number of rotatable bonds is 5. The van der Waals surface area contributed by atoms with Gasteiger partial charge in [0.05, 0.1) is 0 Å². The van der Waals surface area contributed by atoms with Gasteiger partial charge in [-0.25, -0.2) is 0 Å². The molecule has 0 N–H and O–H groups in total. The molecule has 0 amide bonds. The van der Waals surface area contributed by atoms with E-state index in [1.54, 1.807) is 0 Å². The Morgan fingerprint density at radius 2 is 1.88 bits per heavy atom. The van der Waals surface area contributed by atoms with Gasteiger partial charge in [0.1, 0.15) is 0 Å². The van der Waals surface area contributed by atoms with E-state index >= 15 is 0 Å². The van der Waals surface area contributed by atoms with Gasteiger partial charge in [0, 0.05) is 0 Å². The van der Waals surface area contributed by atoms with E-state index in [1.807, 2.05) is 18.3 Å². The molecule has 0 fully saturated rings. The van der Waals surface area contributed by atoms with Gasteiger partial charge in [-0.1, -0.05) is 0 Å². The van der Waals surface area contributed by atoms with Crippen LogP contribution in [0.5, 0.6) is 0 Å². The zero-order valence-electron chi connectivity index (χ0n) is 13.6. The summed E-state index contributed by atoms with van der Waals surface area (Å²) in [6.45, 7) is 6.20. The number of hydrogen-bond donors (Lipinski definition) is 0. The second kappa shape index (κ2) is 8.88. The molecule has 4 heteroatoms. The molecule has 0 radical (unpaired) electrons. The first-order valence-corrected chi connectivity index (χ1v) is 8.40. The van der Waals surface area contributed by atoms with Gasteiger partial charge in [-0.2, -0.15) is 0 Å². The maximum absolute atomic E-state index is 4.66. The first-order chi connectivity index (χ1) is 10.7. The molecule has 2 atom stereocenters. The van der Waals surface area contributed by atoms with Crippen molar-refractivity contribution in [1.29, 1.82) is 0 Å². The van der Waals surface area contributed by atoms with Gasteiger partial charge in [-0.05, 0) is 0 Å². The van der Waals surface area contributed by atoms with Crippen LogP contribution in [0.2, 0.25) is 0 Å². The van der Waals surface area contributed by atoms with Crippen molar-refractivity contribution in [2.24, 2.45) is 0 Å². The van der Waals surface area contributed by atoms with E-state index in [0.29, 0.717) is 4.78 Å². The molecule has 2 aromatic rings. The molecule has 1 aromatic carbocycles. The first-order valence-electron chi connectivity index (χ1n) is 7.66. The van der Waals surface area contributed by atoms with Crippen LogP contribution in [0.1, 0.15) is 41.4 Å². The molecule has 1 aromatic heterocycles. The molecule has 1 nitrogen and oxygen atoms in total. The first kappa shape index (κ1) is 21.0. The Hall–Kier alpha value is -1.04. The monoisotopic (exact) mass is 396 g/mol. The standard InChI is InChI=1S/C20H20N.2ClH.Cr/c1-3-4-14-20(2,19-11-7-8-15-21-19)18-13-12-16-9-5-6-10-17(16)18;;;/h3,5-13,15H,1,4,14H2,2H3;2*1H;/q;;;+2/p-2. The van der Waals surface area contributed by atoms with Crippen LogP contribution in [0.3, 0.4) is 0 Å². The topological polar surface area (TPSA) is 12.9 Å². The van der Waals surface area contributed by atoms with E-state index < -0.39 is 0 Å². The van der Waals surface area contributed by atoms with Crippen LogP contribution in [0.4, 0.5) is 0 Å². The minimum absolute atomic E-state index is 0. The number of aromatic nitrogens is 1. The van der Waals surface area contributed by atoms with Crippen molar-refractivity contribution in [2.45, 2.75) is 30.0 Å². The predicted octanol–water partition coefficient (Wildman–Crippen LogP) is -1.00. The second-order valence-corrected chi connectivity index (χ2v) is 6.76. The number of benzene rings is 1. The Bertz CT molecular complexity index is 715. The molecule has 1 heterocycles. The van der Waals surface area contributed by atoms with E-state index in [0.717, 1.165) is 18.5 Å². The van der Waals surface area contributed by atoms with Crippen LogP contribution in [0.15, 0.2) is 67.4 Å². The fraction of sp³-hybridized carbons (Fsp3) is 0.250. The predicted molar refractivity (Wildman–Crippen MR) is 88.2 cm³/mol. The average Bonchev–Trinajstić information content (AvgIpc) is 2.91. The molecule has 0 aliphatic heterocycles. The Labute approximate surface area is 165 Å². The summed E-state index contributed by atoms with van der Waals surface area (Å²) in [5, 5.41) is 0. The SMILES string of the molecule is C=CCCC(C)(C1=C[CH]([Cr+2])c2ccccc21)c1ccccn1.[Cl-].[Cl-]. The fourth-order valence-corrected chi connectivity index (χ4v) is 3.82. The minimum Gasteiger partial charge on any atom is -1.00 e. The molecule has 0 saturated heterocycles. The summed E-state index contributed by atoms with van der Waals surface area (Å²) in [5.41, 5.74) is 5.14. The summed E-state index contributed by atoms with van der Waals surface area (Å²) >= 11 is 3.29. The van der Waals surface area contributed by atoms with E-state index in [9.17, 15) is 0 Å². The molecule has 3 rings (SSSR count). The Morgan fingerprint density at radius 1 is 1.17 bits per heavy atom. The summed E-state index contributed by atoms with van der Waals surface area (Å²) < 4.78 is 0.345. The third kappa shape index (κ3) is 3.79. The van der Waals surface area contributed by atoms with Crippen LogP contribution in [-0.4, -0.2) is 4.98 Å². The van der Waals surface area contributed by atoms with E-state index in [4.69, 9.17) is 0 Å². The van der Waals surface area contributed by atoms with Crippen molar-refractivity contribution in [2.75, 3.05) is 0 Å². The van der Waals surface area contributed by atoms with Gasteiger partial charge in [0.2, 0.25) is 0 Å². The van der Waals surface area contributed by atoms with E-state index in [1.165, 1.54) is 16.7 Å². The molecular formula is C20H20Cl2CrN. The molecule has 1 aliphatic rings. The third-order valence-corrected chi connectivity index (χ3v) is 5.16. The smallest absolute Gasteiger partial charge is 1.00 e. The number of halogens is 2. The largest absolute Gasteiger partial charge is 1.00 e. The van der Waals surface area contributed by atoms with Crippen molar-refractivity contribution < 1.29 is 41.1 Å². The number of allylic oxidation sites excluding steroid dienone is 3. The summed E-state index contributed by atoms with van der Waals surface area (Å²) in [6.07, 6.45) is 8.24. The number of fused-ring (bicyclic) bond motifs is 1. The molecule has 0 saturated carbocycles. The summed E-state index contributed by atoms with van der Waals surface area (Å²) in [4.78, 5) is 4.66. The molecule has 0 bridgehead atoms. The summed E-state index contributed by atoms with van der Waals surface area (Å²) in [7, 11) is 0. The van der Waals surface area contributed by atoms with Crippen molar-refractivity contribution in [3.05, 3.63) is 84.2 Å². The third-order valence-electron chi connectivity index (χ3n) is 4.55. The van der Waals surface area contributed by atoms with E-state index in [-0.39, 0.29) is 30.2 Å². The zero-order valence-corrected chi connectivity index (χ0v) is 16.4. The number of nitrogens with zero attached hydrogens (tertiary/aromatic N) is 1. The Balaban J connectivity index is 0.00000144. The fourth-order valence-electron chi connectivity index (χ4n) is 3.28. The molecule has 125 valence electrons. The van der Waals surface area contributed by atoms with Gasteiger partial charge >= 0.3 is 141 Å². The van der Waals surface area contributed by atoms with Gasteiger partial charge < -0.3 is 24.8 Å². The Morgan fingerprint density at radius 3 is 2.54 bits per heavy atom. The van der Waals surface area contributed by atoms with Crippen LogP contribution in [0, 0.1) is 0 Å². The van der Waals surface area contributed by atoms with Crippen LogP contribution < -0.4 is 24.8 Å². The quantitative estimate of drug-likeness (QED) is 0.590. The van der Waals surface area contributed by atoms with Crippen molar-refractivity contribution >= 4 is 5.57 Å². The van der Waals surface area contributed by atoms with Crippen molar-refractivity contribution in [3.63, 3.8) is 0 Å². The minimum atomic E-state index is -0.0931. The van der Waals surface area contributed by atoms with Gasteiger partial charge in [-0.3, -0.25) is 0 Å². The van der Waals surface area contributed by atoms with Crippen molar-refractivity contribution in [1.82, 2.24) is 4.98 Å². The zero-order chi connectivity index (χ0) is 15.6. The summed E-state index contributed by atoms with van der Waals surface area (Å²) in [5.74, 6) is 0. The number of pyridine rings is 1. The molecular weight excluding hydrogens is 377 g/mol. The average molecular weight is 397 g/mol. The van der Waals surface area contributed by atoms with Gasteiger partial charge in [-0.15, -0.1) is 0 Å². The van der Waals surface area contributed by atoms with Crippen LogP contribution in [0.25, 0.3) is 5.57 Å². The van der Waals surface area contributed by atoms with Crippen molar-refractivity contribution in [3.8, 4) is 0 Å². The normalized spacial score (nSPS) is 17.5. The van der Waals surface area contributed by atoms with Crippen LogP contribution >= 0.6 is 0 Å². The Kier molecular flexibility index (Phi) is 7.77. The van der Waals surface area contributed by atoms with E-state index in [2.05, 4.69) is 77.3 Å². The summed E-state index contributed by atoms with van der Waals surface area (Å²) in [6, 6.07) is 14.9. The maximum atomic E-state index is 4.66. The second-order valence-electron chi connectivity index (χ2n) is 5.96. The number of hydrogen-bond acceptors (Lipinski definition) is 1. The molecule has 1 aliphatic carbocycles. The molecule has 2 unspecified atom stereocenters. The molecule has 0 spiro atoms.